The highest BCUT2D eigenvalue weighted by molar-refractivity contribution is 5.93. The Kier molecular flexibility index (Phi) is 5.32. The standard InChI is InChI=1S/C22H19N5O3/c1-14-25-19-6-4-3-5-18(19)22(26-14)27(2)15-7-9-16(10-8-15)30-17-11-23-21(24-12-17)20(29)13-28/h3-12,28H,13H2,1-2H3. The molecule has 0 aliphatic heterocycles. The highest BCUT2D eigenvalue weighted by Crippen LogP contribution is 2.30. The summed E-state index contributed by atoms with van der Waals surface area (Å²) in [5, 5.41) is 9.82. The van der Waals surface area contributed by atoms with Crippen molar-refractivity contribution in [3.63, 3.8) is 0 Å². The lowest BCUT2D eigenvalue weighted by atomic mass is 10.2. The van der Waals surface area contributed by atoms with Crippen LogP contribution in [0.2, 0.25) is 0 Å². The number of hydrogen-bond acceptors (Lipinski definition) is 8. The first-order chi connectivity index (χ1) is 14.5. The number of hydrogen-bond donors (Lipinski definition) is 1. The molecule has 0 amide bonds. The smallest absolute Gasteiger partial charge is 0.225 e. The highest BCUT2D eigenvalue weighted by Gasteiger charge is 2.12. The summed E-state index contributed by atoms with van der Waals surface area (Å²) in [5.74, 6) is 1.93. The molecule has 0 atom stereocenters. The zero-order valence-corrected chi connectivity index (χ0v) is 16.5. The molecule has 2 heterocycles. The van der Waals surface area contributed by atoms with Gasteiger partial charge in [-0.15, -0.1) is 0 Å². The molecule has 2 aromatic heterocycles. The van der Waals surface area contributed by atoms with Gasteiger partial charge in [0.2, 0.25) is 5.78 Å². The second kappa shape index (κ2) is 8.22. The number of aliphatic hydroxyl groups is 1. The fourth-order valence-corrected chi connectivity index (χ4v) is 3.01. The summed E-state index contributed by atoms with van der Waals surface area (Å²) in [7, 11) is 1.95. The van der Waals surface area contributed by atoms with Gasteiger partial charge in [-0.05, 0) is 43.3 Å². The number of Topliss-reactive ketones (excluding diaryl/α,β-unsaturated/α-hetero) is 1. The molecule has 30 heavy (non-hydrogen) atoms. The number of ether oxygens (including phenoxy) is 1. The van der Waals surface area contributed by atoms with E-state index >= 15 is 0 Å². The maximum atomic E-state index is 11.4. The predicted octanol–water partition coefficient (Wildman–Crippen LogP) is 3.46. The number of fused-ring (bicyclic) bond motifs is 1. The number of aryl methyl sites for hydroxylation is 1. The number of ketones is 1. The first-order valence-electron chi connectivity index (χ1n) is 9.26. The van der Waals surface area contributed by atoms with Crippen molar-refractivity contribution in [2.24, 2.45) is 0 Å². The number of carbonyl (C=O) groups excluding carboxylic acids is 1. The fraction of sp³-hybridized carbons (Fsp3) is 0.136. The average molecular weight is 401 g/mol. The van der Waals surface area contributed by atoms with Gasteiger partial charge in [-0.2, -0.15) is 0 Å². The maximum absolute atomic E-state index is 11.4. The van der Waals surface area contributed by atoms with Gasteiger partial charge in [0.05, 0.1) is 17.9 Å². The van der Waals surface area contributed by atoms with Crippen molar-refractivity contribution in [2.45, 2.75) is 6.92 Å². The summed E-state index contributed by atoms with van der Waals surface area (Å²) in [4.78, 5) is 30.3. The van der Waals surface area contributed by atoms with Gasteiger partial charge in [-0.25, -0.2) is 19.9 Å². The topological polar surface area (TPSA) is 101 Å². The molecule has 0 aliphatic rings. The average Bonchev–Trinajstić information content (AvgIpc) is 2.78. The highest BCUT2D eigenvalue weighted by atomic mass is 16.5. The van der Waals surface area contributed by atoms with Gasteiger partial charge in [-0.1, -0.05) is 12.1 Å². The second-order valence-corrected chi connectivity index (χ2v) is 6.59. The van der Waals surface area contributed by atoms with Crippen LogP contribution in [-0.2, 0) is 0 Å². The largest absolute Gasteiger partial charge is 0.454 e. The summed E-state index contributed by atoms with van der Waals surface area (Å²) in [6, 6.07) is 15.4. The number of carbonyl (C=O) groups is 1. The van der Waals surface area contributed by atoms with E-state index in [1.165, 1.54) is 12.4 Å². The van der Waals surface area contributed by atoms with Crippen molar-refractivity contribution in [3.8, 4) is 11.5 Å². The van der Waals surface area contributed by atoms with Crippen molar-refractivity contribution in [3.05, 3.63) is 72.6 Å². The number of aliphatic hydroxyl groups excluding tert-OH is 1. The Morgan fingerprint density at radius 3 is 2.40 bits per heavy atom. The Labute approximate surface area is 172 Å². The molecule has 2 aromatic carbocycles. The predicted molar refractivity (Wildman–Crippen MR) is 112 cm³/mol. The maximum Gasteiger partial charge on any atom is 0.225 e. The fourth-order valence-electron chi connectivity index (χ4n) is 3.01. The van der Waals surface area contributed by atoms with Gasteiger partial charge < -0.3 is 14.7 Å². The van der Waals surface area contributed by atoms with Crippen LogP contribution < -0.4 is 9.64 Å². The first kappa shape index (κ1) is 19.4. The molecule has 0 radical (unpaired) electrons. The third-order valence-electron chi connectivity index (χ3n) is 4.49. The van der Waals surface area contributed by atoms with Gasteiger partial charge in [0.1, 0.15) is 24.0 Å². The Morgan fingerprint density at radius 2 is 1.70 bits per heavy atom. The van der Waals surface area contributed by atoms with E-state index in [1.54, 1.807) is 0 Å². The quantitative estimate of drug-likeness (QED) is 0.490. The molecule has 0 spiro atoms. The van der Waals surface area contributed by atoms with Crippen LogP contribution in [0.4, 0.5) is 11.5 Å². The van der Waals surface area contributed by atoms with Crippen LogP contribution in [0.5, 0.6) is 11.5 Å². The van der Waals surface area contributed by atoms with Crippen molar-refractivity contribution in [2.75, 3.05) is 18.6 Å². The monoisotopic (exact) mass is 401 g/mol. The van der Waals surface area contributed by atoms with Crippen LogP contribution in [0, 0.1) is 6.92 Å². The number of para-hydroxylation sites is 1. The minimum absolute atomic E-state index is 0.0470. The van der Waals surface area contributed by atoms with Crippen molar-refractivity contribution in [1.29, 1.82) is 0 Å². The lowest BCUT2D eigenvalue weighted by Crippen LogP contribution is -2.12. The molecule has 4 rings (SSSR count). The molecule has 1 N–H and O–H groups in total. The van der Waals surface area contributed by atoms with E-state index in [0.717, 1.165) is 22.4 Å². The minimum Gasteiger partial charge on any atom is -0.454 e. The third kappa shape index (κ3) is 3.94. The van der Waals surface area contributed by atoms with Crippen LogP contribution in [-0.4, -0.2) is 44.5 Å². The lowest BCUT2D eigenvalue weighted by molar-refractivity contribution is 0.0893. The number of rotatable bonds is 6. The molecular weight excluding hydrogens is 382 g/mol. The van der Waals surface area contributed by atoms with Crippen LogP contribution in [0.15, 0.2) is 60.9 Å². The van der Waals surface area contributed by atoms with Gasteiger partial charge in [-0.3, -0.25) is 4.79 Å². The SMILES string of the molecule is Cc1nc(N(C)c2ccc(Oc3cnc(C(=O)CO)nc3)cc2)c2ccccc2n1. The first-order valence-corrected chi connectivity index (χ1v) is 9.26. The molecular formula is C22H19N5O3. The molecule has 0 fully saturated rings. The Morgan fingerprint density at radius 1 is 1.00 bits per heavy atom. The van der Waals surface area contributed by atoms with Gasteiger partial charge in [0.25, 0.3) is 0 Å². The zero-order valence-electron chi connectivity index (χ0n) is 16.5. The van der Waals surface area contributed by atoms with Gasteiger partial charge in [0.15, 0.2) is 11.6 Å². The Hall–Kier alpha value is -3.91. The summed E-state index contributed by atoms with van der Waals surface area (Å²) in [6.07, 6.45) is 2.79. The number of aromatic nitrogens is 4. The van der Waals surface area contributed by atoms with E-state index in [0.29, 0.717) is 17.3 Å². The van der Waals surface area contributed by atoms with Crippen molar-refractivity contribution in [1.82, 2.24) is 19.9 Å². The summed E-state index contributed by atoms with van der Waals surface area (Å²) < 4.78 is 5.73. The number of anilines is 2. The van der Waals surface area contributed by atoms with E-state index in [9.17, 15) is 4.79 Å². The van der Waals surface area contributed by atoms with Gasteiger partial charge in [0, 0.05) is 18.1 Å². The number of benzene rings is 2. The molecule has 150 valence electrons. The van der Waals surface area contributed by atoms with Gasteiger partial charge >= 0.3 is 0 Å². The lowest BCUT2D eigenvalue weighted by Gasteiger charge is -2.20. The van der Waals surface area contributed by atoms with Crippen LogP contribution in [0.25, 0.3) is 10.9 Å². The minimum atomic E-state index is -0.629. The van der Waals surface area contributed by atoms with Crippen molar-refractivity contribution < 1.29 is 14.6 Å². The Bertz CT molecular complexity index is 1190. The molecule has 0 aliphatic carbocycles. The van der Waals surface area contributed by atoms with E-state index < -0.39 is 12.4 Å². The molecule has 0 bridgehead atoms. The van der Waals surface area contributed by atoms with E-state index in [-0.39, 0.29) is 5.82 Å². The summed E-state index contributed by atoms with van der Waals surface area (Å²) >= 11 is 0. The Balaban J connectivity index is 1.54. The summed E-state index contributed by atoms with van der Waals surface area (Å²) in [5.41, 5.74) is 1.83. The second-order valence-electron chi connectivity index (χ2n) is 6.59. The van der Waals surface area contributed by atoms with Crippen LogP contribution in [0.1, 0.15) is 16.4 Å². The molecule has 8 heteroatoms. The van der Waals surface area contributed by atoms with Crippen LogP contribution >= 0.6 is 0 Å². The van der Waals surface area contributed by atoms with E-state index in [4.69, 9.17) is 9.84 Å². The molecule has 8 nitrogen and oxygen atoms in total. The summed E-state index contributed by atoms with van der Waals surface area (Å²) in [6.45, 7) is 1.25. The molecule has 0 saturated carbocycles. The van der Waals surface area contributed by atoms with E-state index in [2.05, 4.69) is 19.9 Å². The zero-order chi connectivity index (χ0) is 21.1. The van der Waals surface area contributed by atoms with Crippen LogP contribution in [0.3, 0.4) is 0 Å². The normalized spacial score (nSPS) is 10.8. The molecule has 0 saturated heterocycles. The molecule has 4 aromatic rings. The van der Waals surface area contributed by atoms with Crippen molar-refractivity contribution >= 4 is 28.2 Å². The van der Waals surface area contributed by atoms with E-state index in [1.807, 2.05) is 67.4 Å². The molecule has 0 unspecified atom stereocenters. The third-order valence-corrected chi connectivity index (χ3v) is 4.49. The number of nitrogens with zero attached hydrogens (tertiary/aromatic N) is 5.